The van der Waals surface area contributed by atoms with E-state index >= 15 is 0 Å². The second-order valence-corrected chi connectivity index (χ2v) is 2.15. The van der Waals surface area contributed by atoms with Crippen molar-refractivity contribution in [2.45, 2.75) is 25.6 Å². The second kappa shape index (κ2) is 1.97. The minimum absolute atomic E-state index is 0.722. The van der Waals surface area contributed by atoms with Crippen LogP contribution in [0.25, 0.3) is 0 Å². The molecule has 0 atom stereocenters. The molecule has 0 N–H and O–H groups in total. The molecule has 0 bridgehead atoms. The van der Waals surface area contributed by atoms with Gasteiger partial charge in [-0.05, 0) is 13.8 Å². The molecule has 54 valence electrons. The van der Waals surface area contributed by atoms with Crippen molar-refractivity contribution in [1.29, 1.82) is 0 Å². The van der Waals surface area contributed by atoms with Crippen LogP contribution in [0.2, 0.25) is 0 Å². The lowest BCUT2D eigenvalue weighted by molar-refractivity contribution is -0.174. The molecule has 0 saturated heterocycles. The summed E-state index contributed by atoms with van der Waals surface area (Å²) in [6, 6.07) is 0. The average Bonchev–Trinajstić information content (AvgIpc) is 1.64. The maximum absolute atomic E-state index is 11.5. The van der Waals surface area contributed by atoms with Crippen LogP contribution in [-0.2, 0) is 0 Å². The molecular weight excluding hydrogens is 135 g/mol. The highest BCUT2D eigenvalue weighted by molar-refractivity contribution is 4.84. The monoisotopic (exact) mass is 141 g/mol. The standard InChI is InChI=1S/C4H6F3NO/c1-3(2,8-9)4(5,6)7/h1-2H3. The third kappa shape index (κ3) is 1.65. The van der Waals surface area contributed by atoms with Gasteiger partial charge < -0.3 is 0 Å². The highest BCUT2D eigenvalue weighted by Crippen LogP contribution is 2.32. The Bertz CT molecular complexity index is 117. The molecule has 0 aromatic rings. The van der Waals surface area contributed by atoms with Gasteiger partial charge in [-0.15, -0.1) is 4.91 Å². The van der Waals surface area contributed by atoms with Crippen LogP contribution in [0.3, 0.4) is 0 Å². The number of hydrogen-bond donors (Lipinski definition) is 0. The maximum atomic E-state index is 11.5. The van der Waals surface area contributed by atoms with E-state index in [1.54, 1.807) is 0 Å². The molecule has 0 aliphatic rings. The van der Waals surface area contributed by atoms with E-state index in [1.165, 1.54) is 0 Å². The number of alkyl halides is 3. The molecule has 0 fully saturated rings. The Hall–Kier alpha value is -0.610. The molecule has 0 aliphatic carbocycles. The molecule has 0 unspecified atom stereocenters. The Labute approximate surface area is 50.0 Å². The van der Waals surface area contributed by atoms with E-state index in [0.717, 1.165) is 13.8 Å². The van der Waals surface area contributed by atoms with Crippen LogP contribution in [0.15, 0.2) is 5.18 Å². The zero-order valence-corrected chi connectivity index (χ0v) is 4.99. The van der Waals surface area contributed by atoms with Crippen LogP contribution in [-0.4, -0.2) is 11.7 Å². The topological polar surface area (TPSA) is 29.4 Å². The maximum Gasteiger partial charge on any atom is 0.416 e. The molecule has 0 amide bonds. The molecule has 0 saturated carbocycles. The predicted octanol–water partition coefficient (Wildman–Crippen LogP) is 2.09. The Morgan fingerprint density at radius 2 is 1.56 bits per heavy atom. The van der Waals surface area contributed by atoms with Gasteiger partial charge in [-0.3, -0.25) is 0 Å². The summed E-state index contributed by atoms with van der Waals surface area (Å²) in [7, 11) is 0. The van der Waals surface area contributed by atoms with E-state index in [9.17, 15) is 18.1 Å². The summed E-state index contributed by atoms with van der Waals surface area (Å²) >= 11 is 0. The van der Waals surface area contributed by atoms with E-state index in [1.807, 2.05) is 5.18 Å². The first-order chi connectivity index (χ1) is 3.81. The number of rotatable bonds is 1. The summed E-state index contributed by atoms with van der Waals surface area (Å²) in [6.07, 6.45) is -4.53. The van der Waals surface area contributed by atoms with Gasteiger partial charge in [0.2, 0.25) is 0 Å². The van der Waals surface area contributed by atoms with Gasteiger partial charge in [0.15, 0.2) is 5.54 Å². The third-order valence-electron chi connectivity index (χ3n) is 0.922. The highest BCUT2D eigenvalue weighted by atomic mass is 19.4. The summed E-state index contributed by atoms with van der Waals surface area (Å²) in [5.74, 6) is 0. The first kappa shape index (κ1) is 8.39. The van der Waals surface area contributed by atoms with Crippen LogP contribution in [0.1, 0.15) is 13.8 Å². The lowest BCUT2D eigenvalue weighted by Gasteiger charge is -2.18. The van der Waals surface area contributed by atoms with Crippen molar-refractivity contribution in [3.05, 3.63) is 4.91 Å². The fraction of sp³-hybridized carbons (Fsp3) is 1.00. The summed E-state index contributed by atoms with van der Waals surface area (Å²) in [5.41, 5.74) is -2.45. The first-order valence-corrected chi connectivity index (χ1v) is 2.22. The van der Waals surface area contributed by atoms with Crippen molar-refractivity contribution >= 4 is 0 Å². The molecular formula is C4H6F3NO. The Kier molecular flexibility index (Phi) is 1.83. The predicted molar refractivity (Wildman–Crippen MR) is 25.9 cm³/mol. The van der Waals surface area contributed by atoms with Gasteiger partial charge >= 0.3 is 6.18 Å². The smallest absolute Gasteiger partial charge is 0.168 e. The molecule has 0 aromatic heterocycles. The van der Waals surface area contributed by atoms with Crippen molar-refractivity contribution in [3.63, 3.8) is 0 Å². The SMILES string of the molecule is CC(C)(N=O)C(F)(F)F. The lowest BCUT2D eigenvalue weighted by atomic mass is 10.1. The summed E-state index contributed by atoms with van der Waals surface area (Å²) in [4.78, 5) is 9.50. The molecule has 0 rings (SSSR count). The number of hydrogen-bond acceptors (Lipinski definition) is 2. The Morgan fingerprint density at radius 1 is 1.22 bits per heavy atom. The molecule has 9 heavy (non-hydrogen) atoms. The Balaban J connectivity index is 4.32. The van der Waals surface area contributed by atoms with Crippen molar-refractivity contribution in [2.24, 2.45) is 5.18 Å². The zero-order chi connectivity index (χ0) is 7.71. The Morgan fingerprint density at radius 3 is 1.56 bits per heavy atom. The van der Waals surface area contributed by atoms with Crippen molar-refractivity contribution < 1.29 is 13.2 Å². The molecule has 2 nitrogen and oxygen atoms in total. The first-order valence-electron chi connectivity index (χ1n) is 2.22. The zero-order valence-electron chi connectivity index (χ0n) is 4.99. The third-order valence-corrected chi connectivity index (χ3v) is 0.922. The van der Waals surface area contributed by atoms with Crippen LogP contribution in [0.5, 0.6) is 0 Å². The van der Waals surface area contributed by atoms with Crippen molar-refractivity contribution in [1.82, 2.24) is 0 Å². The normalized spacial score (nSPS) is 13.4. The molecule has 0 heterocycles. The minimum Gasteiger partial charge on any atom is -0.168 e. The van der Waals surface area contributed by atoms with E-state index in [4.69, 9.17) is 0 Å². The van der Waals surface area contributed by atoms with Gasteiger partial charge in [0.05, 0.1) is 0 Å². The van der Waals surface area contributed by atoms with Crippen molar-refractivity contribution in [2.75, 3.05) is 0 Å². The van der Waals surface area contributed by atoms with Gasteiger partial charge in [-0.1, -0.05) is 5.18 Å². The lowest BCUT2D eigenvalue weighted by Crippen LogP contribution is -2.36. The highest BCUT2D eigenvalue weighted by Gasteiger charge is 2.49. The van der Waals surface area contributed by atoms with Crippen LogP contribution in [0, 0.1) is 4.91 Å². The minimum atomic E-state index is -4.53. The molecule has 0 spiro atoms. The van der Waals surface area contributed by atoms with Gasteiger partial charge in [0.1, 0.15) is 0 Å². The molecule has 0 aliphatic heterocycles. The van der Waals surface area contributed by atoms with E-state index in [2.05, 4.69) is 0 Å². The van der Waals surface area contributed by atoms with Crippen LogP contribution >= 0.6 is 0 Å². The van der Waals surface area contributed by atoms with Gasteiger partial charge in [0, 0.05) is 0 Å². The quantitative estimate of drug-likeness (QED) is 0.514. The number of nitrogens with zero attached hydrogens (tertiary/aromatic N) is 1. The summed E-state index contributed by atoms with van der Waals surface area (Å²) < 4.78 is 34.6. The molecule has 5 heteroatoms. The van der Waals surface area contributed by atoms with E-state index < -0.39 is 11.7 Å². The average molecular weight is 141 g/mol. The fourth-order valence-electron chi connectivity index (χ4n) is 0.0518. The molecule has 0 radical (unpaired) electrons. The van der Waals surface area contributed by atoms with E-state index in [-0.39, 0.29) is 0 Å². The van der Waals surface area contributed by atoms with Crippen molar-refractivity contribution in [3.8, 4) is 0 Å². The van der Waals surface area contributed by atoms with Crippen LogP contribution < -0.4 is 0 Å². The summed E-state index contributed by atoms with van der Waals surface area (Å²) in [6.45, 7) is 1.44. The summed E-state index contributed by atoms with van der Waals surface area (Å²) in [5, 5.41) is 1.92. The van der Waals surface area contributed by atoms with E-state index in [0.29, 0.717) is 0 Å². The van der Waals surface area contributed by atoms with Gasteiger partial charge in [-0.25, -0.2) is 0 Å². The van der Waals surface area contributed by atoms with Crippen LogP contribution in [0.4, 0.5) is 13.2 Å². The molecule has 0 aromatic carbocycles. The fourth-order valence-corrected chi connectivity index (χ4v) is 0.0518. The van der Waals surface area contributed by atoms with Gasteiger partial charge in [0.25, 0.3) is 0 Å². The number of nitroso groups, excluding NO2 is 1. The number of halogens is 3. The van der Waals surface area contributed by atoms with Gasteiger partial charge in [-0.2, -0.15) is 13.2 Å². The second-order valence-electron chi connectivity index (χ2n) is 2.15. The largest absolute Gasteiger partial charge is 0.416 e.